The number of aldehydes is 1. The molecule has 0 amide bonds. The van der Waals surface area contributed by atoms with Crippen molar-refractivity contribution < 1.29 is 4.79 Å². The fraction of sp³-hybridized carbons (Fsp3) is 0.231. The van der Waals surface area contributed by atoms with Crippen LogP contribution in [-0.4, -0.2) is 15.8 Å². The number of carbonyl (C=O) groups is 1. The van der Waals surface area contributed by atoms with Crippen LogP contribution in [0.4, 0.5) is 0 Å². The number of carbonyl (C=O) groups excluding carboxylic acids is 1. The first-order valence-corrected chi connectivity index (χ1v) is 5.50. The fourth-order valence-corrected chi connectivity index (χ4v) is 2.35. The number of hydrogen-bond donors (Lipinski definition) is 0. The highest BCUT2D eigenvalue weighted by atomic mass is 16.1. The number of imidazole rings is 1. The molecule has 16 heavy (non-hydrogen) atoms. The van der Waals surface area contributed by atoms with E-state index in [0.29, 0.717) is 5.69 Å². The Balaban J connectivity index is 2.26. The molecule has 0 bridgehead atoms. The molecule has 0 radical (unpaired) electrons. The van der Waals surface area contributed by atoms with Crippen LogP contribution in [-0.2, 0) is 12.8 Å². The molecule has 0 unspecified atom stereocenters. The van der Waals surface area contributed by atoms with Crippen molar-refractivity contribution in [3.05, 3.63) is 47.5 Å². The third-order valence-electron chi connectivity index (χ3n) is 3.12. The van der Waals surface area contributed by atoms with Gasteiger partial charge >= 0.3 is 0 Å². The second-order valence-corrected chi connectivity index (χ2v) is 4.05. The number of nitrogens with zero attached hydrogens (tertiary/aromatic N) is 2. The molecule has 1 aromatic heterocycles. The summed E-state index contributed by atoms with van der Waals surface area (Å²) in [5.41, 5.74) is 4.11. The van der Waals surface area contributed by atoms with Crippen molar-refractivity contribution in [1.82, 2.24) is 9.55 Å². The van der Waals surface area contributed by atoms with E-state index in [0.717, 1.165) is 36.9 Å². The Kier molecular flexibility index (Phi) is 2.10. The second kappa shape index (κ2) is 3.59. The van der Waals surface area contributed by atoms with Gasteiger partial charge in [0.15, 0.2) is 6.29 Å². The molecule has 0 aliphatic carbocycles. The summed E-state index contributed by atoms with van der Waals surface area (Å²) in [6.45, 7) is 0. The SMILES string of the molecule is O=Cc1ncn2c1CCCc1ccccc1-2. The maximum absolute atomic E-state index is 10.9. The highest BCUT2D eigenvalue weighted by Gasteiger charge is 2.16. The Labute approximate surface area is 93.7 Å². The molecule has 80 valence electrons. The van der Waals surface area contributed by atoms with Gasteiger partial charge < -0.3 is 4.57 Å². The van der Waals surface area contributed by atoms with E-state index in [2.05, 4.69) is 23.2 Å². The van der Waals surface area contributed by atoms with Crippen LogP contribution < -0.4 is 0 Å². The van der Waals surface area contributed by atoms with Crippen molar-refractivity contribution in [1.29, 1.82) is 0 Å². The third-order valence-corrected chi connectivity index (χ3v) is 3.12. The topological polar surface area (TPSA) is 34.9 Å². The summed E-state index contributed by atoms with van der Waals surface area (Å²) < 4.78 is 2.05. The minimum atomic E-state index is 0.580. The molecule has 0 atom stereocenters. The van der Waals surface area contributed by atoms with E-state index in [9.17, 15) is 4.79 Å². The van der Waals surface area contributed by atoms with Gasteiger partial charge in [0.1, 0.15) is 12.0 Å². The van der Waals surface area contributed by atoms with E-state index >= 15 is 0 Å². The number of fused-ring (bicyclic) bond motifs is 3. The molecule has 1 aliphatic heterocycles. The van der Waals surface area contributed by atoms with Crippen LogP contribution in [0.15, 0.2) is 30.6 Å². The molecule has 2 heterocycles. The molecule has 0 N–H and O–H groups in total. The van der Waals surface area contributed by atoms with Gasteiger partial charge in [-0.05, 0) is 30.9 Å². The van der Waals surface area contributed by atoms with Gasteiger partial charge in [0.05, 0.1) is 5.69 Å². The van der Waals surface area contributed by atoms with Crippen LogP contribution in [0.3, 0.4) is 0 Å². The van der Waals surface area contributed by atoms with Crippen LogP contribution in [0.1, 0.15) is 28.2 Å². The quantitative estimate of drug-likeness (QED) is 0.679. The maximum atomic E-state index is 10.9. The summed E-state index contributed by atoms with van der Waals surface area (Å²) in [6.07, 6.45) is 5.66. The first-order chi connectivity index (χ1) is 7.90. The lowest BCUT2D eigenvalue weighted by Gasteiger charge is -2.07. The van der Waals surface area contributed by atoms with E-state index < -0.39 is 0 Å². The monoisotopic (exact) mass is 212 g/mol. The van der Waals surface area contributed by atoms with Crippen molar-refractivity contribution in [2.45, 2.75) is 19.3 Å². The molecular weight excluding hydrogens is 200 g/mol. The summed E-state index contributed by atoms with van der Waals surface area (Å²) in [4.78, 5) is 15.0. The summed E-state index contributed by atoms with van der Waals surface area (Å²) in [5.74, 6) is 0. The molecule has 3 nitrogen and oxygen atoms in total. The maximum Gasteiger partial charge on any atom is 0.170 e. The lowest BCUT2D eigenvalue weighted by atomic mass is 10.1. The average Bonchev–Trinajstić information content (AvgIpc) is 2.64. The lowest BCUT2D eigenvalue weighted by Crippen LogP contribution is -1.99. The Morgan fingerprint density at radius 3 is 3.00 bits per heavy atom. The number of rotatable bonds is 1. The Hall–Kier alpha value is -1.90. The van der Waals surface area contributed by atoms with Gasteiger partial charge in [-0.2, -0.15) is 0 Å². The zero-order valence-electron chi connectivity index (χ0n) is 8.89. The molecule has 0 fully saturated rings. The number of aryl methyl sites for hydroxylation is 1. The molecule has 2 aromatic rings. The van der Waals surface area contributed by atoms with E-state index in [1.807, 2.05) is 10.6 Å². The minimum Gasteiger partial charge on any atom is -0.302 e. The zero-order chi connectivity index (χ0) is 11.0. The van der Waals surface area contributed by atoms with Gasteiger partial charge in [0.2, 0.25) is 0 Å². The smallest absolute Gasteiger partial charge is 0.170 e. The van der Waals surface area contributed by atoms with Crippen molar-refractivity contribution in [3.63, 3.8) is 0 Å². The predicted molar refractivity (Wildman–Crippen MR) is 61.0 cm³/mol. The molecule has 1 aromatic carbocycles. The van der Waals surface area contributed by atoms with Gasteiger partial charge in [-0.15, -0.1) is 0 Å². The number of aromatic nitrogens is 2. The van der Waals surface area contributed by atoms with Gasteiger partial charge in [-0.25, -0.2) is 4.98 Å². The van der Waals surface area contributed by atoms with Crippen molar-refractivity contribution in [3.8, 4) is 5.69 Å². The van der Waals surface area contributed by atoms with Crippen molar-refractivity contribution in [2.24, 2.45) is 0 Å². The molecule has 1 aliphatic rings. The largest absolute Gasteiger partial charge is 0.302 e. The van der Waals surface area contributed by atoms with E-state index in [1.165, 1.54) is 5.56 Å². The fourth-order valence-electron chi connectivity index (χ4n) is 2.35. The molecule has 0 saturated carbocycles. The van der Waals surface area contributed by atoms with Crippen LogP contribution in [0.2, 0.25) is 0 Å². The number of para-hydroxylation sites is 1. The first-order valence-electron chi connectivity index (χ1n) is 5.50. The normalized spacial score (nSPS) is 13.8. The molecule has 0 spiro atoms. The number of hydrogen-bond acceptors (Lipinski definition) is 2. The molecular formula is C13H12N2O. The van der Waals surface area contributed by atoms with E-state index in [1.54, 1.807) is 6.33 Å². The summed E-state index contributed by atoms with van der Waals surface area (Å²) >= 11 is 0. The Morgan fingerprint density at radius 1 is 1.25 bits per heavy atom. The Morgan fingerprint density at radius 2 is 2.12 bits per heavy atom. The second-order valence-electron chi connectivity index (χ2n) is 4.05. The van der Waals surface area contributed by atoms with Crippen LogP contribution >= 0.6 is 0 Å². The zero-order valence-corrected chi connectivity index (χ0v) is 8.89. The van der Waals surface area contributed by atoms with Gasteiger partial charge in [0.25, 0.3) is 0 Å². The van der Waals surface area contributed by atoms with Crippen LogP contribution in [0.5, 0.6) is 0 Å². The standard InChI is InChI=1S/C13H12N2O/c16-8-11-13-7-3-5-10-4-1-2-6-12(10)15(13)9-14-11/h1-2,4,6,8-9H,3,5,7H2. The van der Waals surface area contributed by atoms with E-state index in [-0.39, 0.29) is 0 Å². The molecule has 3 rings (SSSR count). The average molecular weight is 212 g/mol. The predicted octanol–water partition coefficient (Wildman–Crippen LogP) is 2.17. The first kappa shape index (κ1) is 9.33. The van der Waals surface area contributed by atoms with Crippen molar-refractivity contribution in [2.75, 3.05) is 0 Å². The minimum absolute atomic E-state index is 0.580. The van der Waals surface area contributed by atoms with Gasteiger partial charge in [-0.3, -0.25) is 4.79 Å². The summed E-state index contributed by atoms with van der Waals surface area (Å²) in [6, 6.07) is 8.31. The molecule has 0 saturated heterocycles. The summed E-state index contributed by atoms with van der Waals surface area (Å²) in [7, 11) is 0. The molecule has 3 heteroatoms. The van der Waals surface area contributed by atoms with E-state index in [4.69, 9.17) is 0 Å². The summed E-state index contributed by atoms with van der Waals surface area (Å²) in [5, 5.41) is 0. The highest BCUT2D eigenvalue weighted by Crippen LogP contribution is 2.24. The van der Waals surface area contributed by atoms with Crippen LogP contribution in [0, 0.1) is 0 Å². The highest BCUT2D eigenvalue weighted by molar-refractivity contribution is 5.74. The Bertz CT molecular complexity index is 543. The lowest BCUT2D eigenvalue weighted by molar-refractivity contribution is 0.111. The number of benzene rings is 1. The third kappa shape index (κ3) is 1.28. The van der Waals surface area contributed by atoms with Gasteiger partial charge in [-0.1, -0.05) is 18.2 Å². The van der Waals surface area contributed by atoms with Gasteiger partial charge in [0, 0.05) is 5.69 Å². The van der Waals surface area contributed by atoms with Crippen LogP contribution in [0.25, 0.3) is 5.69 Å². The van der Waals surface area contributed by atoms with Crippen molar-refractivity contribution >= 4 is 6.29 Å².